The molecular formula is C27H28N2O7. The van der Waals surface area contributed by atoms with Gasteiger partial charge < -0.3 is 23.7 Å². The van der Waals surface area contributed by atoms with E-state index >= 15 is 0 Å². The molecule has 9 heteroatoms. The maximum Gasteiger partial charge on any atom is 0.343 e. The molecule has 0 radical (unpaired) electrons. The molecule has 36 heavy (non-hydrogen) atoms. The quantitative estimate of drug-likeness (QED) is 0.197. The van der Waals surface area contributed by atoms with Crippen LogP contribution in [-0.4, -0.2) is 46.0 Å². The topological polar surface area (TPSA) is 105 Å². The van der Waals surface area contributed by atoms with Crippen LogP contribution in [0.15, 0.2) is 59.7 Å². The van der Waals surface area contributed by atoms with Crippen LogP contribution in [-0.2, 0) is 4.79 Å². The SMILES string of the molecule is COc1cc(C(=O)Oc2ccccc2/C=N/NC(=O)COc2c(C)cccc2C)cc(OC)c1OC. The first-order valence-electron chi connectivity index (χ1n) is 11.0. The van der Waals surface area contributed by atoms with Gasteiger partial charge in [0.05, 0.1) is 33.1 Å². The molecule has 0 aliphatic carbocycles. The summed E-state index contributed by atoms with van der Waals surface area (Å²) in [6.07, 6.45) is 1.38. The number of rotatable bonds is 10. The minimum atomic E-state index is -0.638. The van der Waals surface area contributed by atoms with Gasteiger partial charge in [-0.2, -0.15) is 5.10 Å². The molecule has 188 valence electrons. The number of esters is 1. The highest BCUT2D eigenvalue weighted by atomic mass is 16.5. The Bertz CT molecular complexity index is 1230. The van der Waals surface area contributed by atoms with Crippen molar-refractivity contribution >= 4 is 18.1 Å². The molecule has 0 saturated carbocycles. The molecule has 3 rings (SSSR count). The largest absolute Gasteiger partial charge is 0.493 e. The molecule has 0 fully saturated rings. The summed E-state index contributed by atoms with van der Waals surface area (Å²) in [7, 11) is 4.39. The molecule has 0 aliphatic rings. The van der Waals surface area contributed by atoms with Gasteiger partial charge in [0.2, 0.25) is 5.75 Å². The smallest absolute Gasteiger partial charge is 0.343 e. The van der Waals surface area contributed by atoms with Gasteiger partial charge in [0.1, 0.15) is 11.5 Å². The molecule has 1 N–H and O–H groups in total. The second-order valence-corrected chi connectivity index (χ2v) is 7.64. The average Bonchev–Trinajstić information content (AvgIpc) is 2.88. The standard InChI is InChI=1S/C27H28N2O7/c1-17-9-8-10-18(2)25(17)35-16-24(30)29-28-15-19-11-6-7-12-21(19)36-27(31)20-13-22(32-3)26(34-5)23(14-20)33-4/h6-15H,16H2,1-5H3,(H,29,30)/b28-15+. The summed E-state index contributed by atoms with van der Waals surface area (Å²) in [5.74, 6) is 0.860. The summed E-state index contributed by atoms with van der Waals surface area (Å²) in [6, 6.07) is 15.5. The summed E-state index contributed by atoms with van der Waals surface area (Å²) < 4.78 is 27.1. The van der Waals surface area contributed by atoms with E-state index < -0.39 is 11.9 Å². The summed E-state index contributed by atoms with van der Waals surface area (Å²) in [4.78, 5) is 25.0. The number of nitrogens with one attached hydrogen (secondary N) is 1. The van der Waals surface area contributed by atoms with E-state index in [4.69, 9.17) is 23.7 Å². The zero-order chi connectivity index (χ0) is 26.1. The molecule has 3 aromatic rings. The number of carbonyl (C=O) groups is 2. The third-order valence-electron chi connectivity index (χ3n) is 5.17. The lowest BCUT2D eigenvalue weighted by Gasteiger charge is -2.14. The van der Waals surface area contributed by atoms with Crippen molar-refractivity contribution in [3.8, 4) is 28.7 Å². The van der Waals surface area contributed by atoms with Crippen molar-refractivity contribution in [2.45, 2.75) is 13.8 Å². The van der Waals surface area contributed by atoms with Gasteiger partial charge >= 0.3 is 5.97 Å². The summed E-state index contributed by atoms with van der Waals surface area (Å²) in [6.45, 7) is 3.63. The van der Waals surface area contributed by atoms with Crippen LogP contribution in [0.1, 0.15) is 27.0 Å². The number of aryl methyl sites for hydroxylation is 2. The fourth-order valence-corrected chi connectivity index (χ4v) is 3.41. The molecule has 0 spiro atoms. The Labute approximate surface area is 209 Å². The van der Waals surface area contributed by atoms with E-state index in [0.29, 0.717) is 28.6 Å². The first-order chi connectivity index (χ1) is 17.4. The van der Waals surface area contributed by atoms with Gasteiger partial charge in [-0.1, -0.05) is 30.3 Å². The Morgan fingerprint density at radius 2 is 1.47 bits per heavy atom. The van der Waals surface area contributed by atoms with Crippen molar-refractivity contribution < 1.29 is 33.3 Å². The Balaban J connectivity index is 1.67. The van der Waals surface area contributed by atoms with Gasteiger partial charge in [0.15, 0.2) is 18.1 Å². The molecule has 0 aromatic heterocycles. The van der Waals surface area contributed by atoms with Crippen molar-refractivity contribution in [1.29, 1.82) is 0 Å². The zero-order valence-corrected chi connectivity index (χ0v) is 20.8. The van der Waals surface area contributed by atoms with Crippen LogP contribution in [0.25, 0.3) is 0 Å². The molecule has 1 amide bonds. The van der Waals surface area contributed by atoms with Crippen LogP contribution < -0.4 is 29.1 Å². The van der Waals surface area contributed by atoms with Gasteiger partial charge in [-0.15, -0.1) is 0 Å². The molecule has 0 aliphatic heterocycles. The third-order valence-corrected chi connectivity index (χ3v) is 5.17. The van der Waals surface area contributed by atoms with Crippen molar-refractivity contribution in [2.75, 3.05) is 27.9 Å². The molecule has 0 unspecified atom stereocenters. The lowest BCUT2D eigenvalue weighted by molar-refractivity contribution is -0.123. The van der Waals surface area contributed by atoms with E-state index in [1.807, 2.05) is 32.0 Å². The van der Waals surface area contributed by atoms with Crippen LogP contribution in [0.3, 0.4) is 0 Å². The Morgan fingerprint density at radius 1 is 0.833 bits per heavy atom. The van der Waals surface area contributed by atoms with Crippen LogP contribution >= 0.6 is 0 Å². The monoisotopic (exact) mass is 492 g/mol. The number of benzene rings is 3. The number of hydrazone groups is 1. The van der Waals surface area contributed by atoms with Crippen molar-refractivity contribution in [3.63, 3.8) is 0 Å². The maximum absolute atomic E-state index is 12.9. The fourth-order valence-electron chi connectivity index (χ4n) is 3.41. The summed E-state index contributed by atoms with van der Waals surface area (Å²) >= 11 is 0. The number of ether oxygens (including phenoxy) is 5. The van der Waals surface area contributed by atoms with Crippen LogP contribution in [0, 0.1) is 13.8 Å². The number of nitrogens with zero attached hydrogens (tertiary/aromatic N) is 1. The van der Waals surface area contributed by atoms with Crippen LogP contribution in [0.4, 0.5) is 0 Å². The van der Waals surface area contributed by atoms with Gasteiger partial charge in [-0.3, -0.25) is 4.79 Å². The average molecular weight is 493 g/mol. The minimum absolute atomic E-state index is 0.194. The third kappa shape index (κ3) is 6.32. The van der Waals surface area contributed by atoms with Gasteiger partial charge in [-0.05, 0) is 49.2 Å². The van der Waals surface area contributed by atoms with E-state index in [-0.39, 0.29) is 17.9 Å². The molecule has 0 atom stereocenters. The van der Waals surface area contributed by atoms with E-state index in [1.54, 1.807) is 24.3 Å². The van der Waals surface area contributed by atoms with E-state index in [2.05, 4.69) is 10.5 Å². The molecule has 9 nitrogen and oxygen atoms in total. The second-order valence-electron chi connectivity index (χ2n) is 7.64. The highest BCUT2D eigenvalue weighted by Crippen LogP contribution is 2.38. The number of para-hydroxylation sites is 2. The number of hydrogen-bond donors (Lipinski definition) is 1. The molecule has 0 saturated heterocycles. The number of methoxy groups -OCH3 is 3. The number of carbonyl (C=O) groups excluding carboxylic acids is 2. The molecular weight excluding hydrogens is 464 g/mol. The van der Waals surface area contributed by atoms with E-state index in [0.717, 1.165) is 11.1 Å². The Kier molecular flexibility index (Phi) is 8.88. The second kappa shape index (κ2) is 12.3. The Morgan fingerprint density at radius 3 is 2.08 bits per heavy atom. The molecule has 0 heterocycles. The van der Waals surface area contributed by atoms with Gasteiger partial charge in [-0.25, -0.2) is 10.2 Å². The molecule has 3 aromatic carbocycles. The van der Waals surface area contributed by atoms with Crippen molar-refractivity contribution in [3.05, 3.63) is 76.9 Å². The summed E-state index contributed by atoms with van der Waals surface area (Å²) in [5, 5.41) is 3.96. The zero-order valence-electron chi connectivity index (χ0n) is 20.8. The Hall–Kier alpha value is -4.53. The van der Waals surface area contributed by atoms with Crippen LogP contribution in [0.2, 0.25) is 0 Å². The van der Waals surface area contributed by atoms with E-state index in [9.17, 15) is 9.59 Å². The van der Waals surface area contributed by atoms with Gasteiger partial charge in [0, 0.05) is 5.56 Å². The molecule has 0 bridgehead atoms. The fraction of sp³-hybridized carbons (Fsp3) is 0.222. The first-order valence-corrected chi connectivity index (χ1v) is 11.0. The van der Waals surface area contributed by atoms with Gasteiger partial charge in [0.25, 0.3) is 5.91 Å². The number of amides is 1. The highest BCUT2D eigenvalue weighted by Gasteiger charge is 2.19. The summed E-state index contributed by atoms with van der Waals surface area (Å²) in [5.41, 5.74) is 4.97. The maximum atomic E-state index is 12.9. The van der Waals surface area contributed by atoms with Crippen molar-refractivity contribution in [2.24, 2.45) is 5.10 Å². The normalized spacial score (nSPS) is 10.6. The van der Waals surface area contributed by atoms with Crippen LogP contribution in [0.5, 0.6) is 28.7 Å². The minimum Gasteiger partial charge on any atom is -0.493 e. The lowest BCUT2D eigenvalue weighted by atomic mass is 10.1. The lowest BCUT2D eigenvalue weighted by Crippen LogP contribution is -2.25. The highest BCUT2D eigenvalue weighted by molar-refractivity contribution is 5.94. The number of hydrogen-bond acceptors (Lipinski definition) is 8. The predicted molar refractivity (Wildman–Crippen MR) is 135 cm³/mol. The van der Waals surface area contributed by atoms with E-state index in [1.165, 1.54) is 39.7 Å². The first kappa shape index (κ1) is 26.1. The van der Waals surface area contributed by atoms with Crippen molar-refractivity contribution in [1.82, 2.24) is 5.43 Å². The predicted octanol–water partition coefficient (Wildman–Crippen LogP) is 4.08.